The molecule has 3 fully saturated rings. The van der Waals surface area contributed by atoms with Crippen molar-refractivity contribution >= 4 is 28.6 Å². The molecule has 1 unspecified atom stereocenters. The number of hydrogen-bond acceptors (Lipinski definition) is 5. The highest BCUT2D eigenvalue weighted by Gasteiger charge is 2.57. The minimum Gasteiger partial charge on any atom is -0.342 e. The number of benzene rings is 1. The van der Waals surface area contributed by atoms with Crippen LogP contribution in [0.4, 0.5) is 0 Å². The van der Waals surface area contributed by atoms with Crippen molar-refractivity contribution in [2.45, 2.75) is 37.6 Å². The maximum Gasteiger partial charge on any atom is 0.256 e. The van der Waals surface area contributed by atoms with E-state index in [0.717, 1.165) is 78.8 Å². The molecule has 2 aromatic heterocycles. The number of likely N-dealkylation sites (tertiary alicyclic amines) is 1. The Bertz CT molecular complexity index is 1380. The molecule has 8 nitrogen and oxygen atoms in total. The molecule has 0 N–H and O–H groups in total. The molecule has 1 atom stereocenters. The minimum absolute atomic E-state index is 0.116. The first-order chi connectivity index (χ1) is 17.0. The van der Waals surface area contributed by atoms with Gasteiger partial charge >= 0.3 is 0 Å². The summed E-state index contributed by atoms with van der Waals surface area (Å²) in [6.07, 6.45) is 8.34. The molecule has 3 aromatic rings. The Balaban J connectivity index is 1.12. The Labute approximate surface area is 203 Å². The fraction of sp³-hybridized carbons (Fsp3) is 0.444. The van der Waals surface area contributed by atoms with Crippen molar-refractivity contribution in [1.82, 2.24) is 24.6 Å². The van der Waals surface area contributed by atoms with E-state index in [1.807, 2.05) is 46.1 Å². The molecule has 35 heavy (non-hydrogen) atoms. The Hall–Kier alpha value is -3.55. The summed E-state index contributed by atoms with van der Waals surface area (Å²) in [5, 5.41) is 5.40. The molecule has 0 radical (unpaired) electrons. The SMILES string of the molecule is Cn1ncc2cc(-c3ccc(C4=NC5(CC5)C(=O)N4CC4CCN(C(=O)C5CC5)C4)cn3)ccc21. The van der Waals surface area contributed by atoms with Gasteiger partial charge in [-0.15, -0.1) is 0 Å². The maximum atomic E-state index is 13.3. The number of aromatic nitrogens is 3. The van der Waals surface area contributed by atoms with Gasteiger partial charge in [-0.3, -0.25) is 29.1 Å². The number of pyridine rings is 1. The van der Waals surface area contributed by atoms with Crippen molar-refractivity contribution < 1.29 is 9.59 Å². The predicted octanol–water partition coefficient (Wildman–Crippen LogP) is 3.02. The monoisotopic (exact) mass is 468 g/mol. The molecule has 4 heterocycles. The lowest BCUT2D eigenvalue weighted by Crippen LogP contribution is -2.41. The normalized spacial score (nSPS) is 22.9. The van der Waals surface area contributed by atoms with Crippen molar-refractivity contribution in [2.75, 3.05) is 19.6 Å². The number of carbonyl (C=O) groups excluding carboxylic acids is 2. The molecule has 2 saturated carbocycles. The highest BCUT2D eigenvalue weighted by molar-refractivity contribution is 6.16. The second kappa shape index (κ2) is 7.47. The van der Waals surface area contributed by atoms with E-state index in [2.05, 4.69) is 23.3 Å². The summed E-state index contributed by atoms with van der Waals surface area (Å²) in [5.41, 5.74) is 3.31. The average Bonchev–Trinajstić information content (AvgIpc) is 3.78. The average molecular weight is 469 g/mol. The number of aryl methyl sites for hydroxylation is 1. The van der Waals surface area contributed by atoms with E-state index in [9.17, 15) is 9.59 Å². The molecule has 178 valence electrons. The number of aliphatic imine (C=N–C) groups is 1. The quantitative estimate of drug-likeness (QED) is 0.576. The summed E-state index contributed by atoms with van der Waals surface area (Å²) in [4.78, 5) is 39.3. The van der Waals surface area contributed by atoms with Gasteiger partial charge < -0.3 is 4.90 Å². The van der Waals surface area contributed by atoms with Crippen LogP contribution < -0.4 is 0 Å². The molecule has 2 amide bonds. The third-order valence-corrected chi connectivity index (χ3v) is 7.97. The molecule has 1 spiro atoms. The lowest BCUT2D eigenvalue weighted by molar-refractivity contribution is -0.131. The molecule has 7 rings (SSSR count). The molecule has 2 aliphatic heterocycles. The third kappa shape index (κ3) is 3.46. The van der Waals surface area contributed by atoms with Crippen LogP contribution >= 0.6 is 0 Å². The van der Waals surface area contributed by atoms with Gasteiger partial charge in [0.25, 0.3) is 5.91 Å². The van der Waals surface area contributed by atoms with Gasteiger partial charge in [0.2, 0.25) is 5.91 Å². The number of hydrogen-bond donors (Lipinski definition) is 0. The van der Waals surface area contributed by atoms with E-state index < -0.39 is 5.54 Å². The summed E-state index contributed by atoms with van der Waals surface area (Å²) >= 11 is 0. The zero-order valence-corrected chi connectivity index (χ0v) is 19.9. The second-order valence-electron chi connectivity index (χ2n) is 10.6. The predicted molar refractivity (Wildman–Crippen MR) is 132 cm³/mol. The van der Waals surface area contributed by atoms with Gasteiger partial charge in [-0.05, 0) is 62.3 Å². The van der Waals surface area contributed by atoms with Gasteiger partial charge in [0.15, 0.2) is 0 Å². The fourth-order valence-corrected chi connectivity index (χ4v) is 5.54. The van der Waals surface area contributed by atoms with E-state index in [4.69, 9.17) is 9.98 Å². The van der Waals surface area contributed by atoms with Crippen LogP contribution in [0.15, 0.2) is 47.7 Å². The standard InChI is InChI=1S/C27H28N6O2/c1-31-23-7-5-19(12-21(23)14-29-31)22-6-4-20(13-28-22)24-30-27(9-10-27)26(35)33(24)16-17-8-11-32(15-17)25(34)18-2-3-18/h4-7,12-14,17-18H,2-3,8-11,15-16H2,1H3. The largest absolute Gasteiger partial charge is 0.342 e. The first-order valence-electron chi connectivity index (χ1n) is 12.6. The van der Waals surface area contributed by atoms with Gasteiger partial charge in [0.1, 0.15) is 11.4 Å². The fourth-order valence-electron chi connectivity index (χ4n) is 5.54. The van der Waals surface area contributed by atoms with E-state index >= 15 is 0 Å². The van der Waals surface area contributed by atoms with Crippen LogP contribution in [0.2, 0.25) is 0 Å². The zero-order chi connectivity index (χ0) is 23.7. The maximum absolute atomic E-state index is 13.3. The lowest BCUT2D eigenvalue weighted by atomic mass is 10.1. The number of carbonyl (C=O) groups is 2. The molecule has 2 aliphatic carbocycles. The minimum atomic E-state index is -0.554. The number of rotatable bonds is 5. The smallest absolute Gasteiger partial charge is 0.256 e. The molecule has 4 aliphatic rings. The Morgan fingerprint density at radius 2 is 1.91 bits per heavy atom. The number of nitrogens with zero attached hydrogens (tertiary/aromatic N) is 6. The van der Waals surface area contributed by atoms with Crippen LogP contribution in [0, 0.1) is 11.8 Å². The molecule has 8 heteroatoms. The van der Waals surface area contributed by atoms with E-state index in [-0.39, 0.29) is 11.8 Å². The summed E-state index contributed by atoms with van der Waals surface area (Å²) < 4.78 is 1.86. The van der Waals surface area contributed by atoms with Gasteiger partial charge in [0, 0.05) is 55.3 Å². The Kier molecular flexibility index (Phi) is 4.44. The molecule has 1 aromatic carbocycles. The van der Waals surface area contributed by atoms with Crippen molar-refractivity contribution in [2.24, 2.45) is 23.9 Å². The topological polar surface area (TPSA) is 83.7 Å². The summed E-state index contributed by atoms with van der Waals surface area (Å²) in [7, 11) is 1.94. The summed E-state index contributed by atoms with van der Waals surface area (Å²) in [6.45, 7) is 2.16. The third-order valence-electron chi connectivity index (χ3n) is 7.97. The van der Waals surface area contributed by atoms with Crippen molar-refractivity contribution in [3.8, 4) is 11.3 Å². The molecular weight excluding hydrogens is 440 g/mol. The first-order valence-corrected chi connectivity index (χ1v) is 12.6. The molecule has 1 saturated heterocycles. The van der Waals surface area contributed by atoms with Gasteiger partial charge in [-0.1, -0.05) is 6.07 Å². The van der Waals surface area contributed by atoms with Crippen molar-refractivity contribution in [1.29, 1.82) is 0 Å². The van der Waals surface area contributed by atoms with Gasteiger partial charge in [-0.25, -0.2) is 0 Å². The van der Waals surface area contributed by atoms with Crippen LogP contribution in [0.25, 0.3) is 22.2 Å². The zero-order valence-electron chi connectivity index (χ0n) is 19.9. The summed E-state index contributed by atoms with van der Waals surface area (Å²) in [5.74, 6) is 1.69. The van der Waals surface area contributed by atoms with E-state index in [0.29, 0.717) is 18.4 Å². The first kappa shape index (κ1) is 20.8. The molecular formula is C27H28N6O2. The highest BCUT2D eigenvalue weighted by atomic mass is 16.2. The van der Waals surface area contributed by atoms with Crippen molar-refractivity contribution in [3.63, 3.8) is 0 Å². The Morgan fingerprint density at radius 1 is 1.09 bits per heavy atom. The van der Waals surface area contributed by atoms with Crippen LogP contribution in [0.3, 0.4) is 0 Å². The molecule has 0 bridgehead atoms. The number of fused-ring (bicyclic) bond motifs is 1. The lowest BCUT2D eigenvalue weighted by Gasteiger charge is -2.23. The van der Waals surface area contributed by atoms with Gasteiger partial charge in [-0.2, -0.15) is 5.10 Å². The van der Waals surface area contributed by atoms with Crippen LogP contribution in [0.5, 0.6) is 0 Å². The van der Waals surface area contributed by atoms with Crippen LogP contribution in [-0.2, 0) is 16.6 Å². The van der Waals surface area contributed by atoms with E-state index in [1.54, 1.807) is 0 Å². The van der Waals surface area contributed by atoms with Crippen LogP contribution in [0.1, 0.15) is 37.7 Å². The number of amides is 2. The number of amidine groups is 1. The van der Waals surface area contributed by atoms with E-state index in [1.165, 1.54) is 0 Å². The van der Waals surface area contributed by atoms with Crippen LogP contribution in [-0.4, -0.2) is 67.4 Å². The van der Waals surface area contributed by atoms with Gasteiger partial charge in [0.05, 0.1) is 17.4 Å². The van der Waals surface area contributed by atoms with Crippen molar-refractivity contribution in [3.05, 3.63) is 48.3 Å². The second-order valence-corrected chi connectivity index (χ2v) is 10.6. The summed E-state index contributed by atoms with van der Waals surface area (Å²) in [6, 6.07) is 10.2. The Morgan fingerprint density at radius 3 is 2.66 bits per heavy atom. The highest BCUT2D eigenvalue weighted by Crippen LogP contribution is 2.46.